The second-order valence-corrected chi connectivity index (χ2v) is 14.3. The van der Waals surface area contributed by atoms with Crippen molar-refractivity contribution in [2.45, 2.75) is 82.8 Å². The molecule has 0 bridgehead atoms. The third kappa shape index (κ3) is 11.2. The van der Waals surface area contributed by atoms with Gasteiger partial charge in [-0.1, -0.05) is 20.3 Å². The average Bonchev–Trinajstić information content (AvgIpc) is 3.89. The van der Waals surface area contributed by atoms with E-state index in [9.17, 15) is 38.4 Å². The van der Waals surface area contributed by atoms with Crippen LogP contribution in [0.15, 0.2) is 33.9 Å². The molecule has 6 amide bonds. The molecule has 21 heteroatoms. The maximum atomic E-state index is 12.7. The number of thioether (sulfide) groups is 1. The Labute approximate surface area is 325 Å². The molecule has 4 heterocycles. The standard InChI is InChI=1S/C19H22N4O5.C16H26N6O5S/c1-3-9-22-17-15(18(26)23(10-4-2)19(22)27)20-16(21-17)12-5-7-13(8-6-12)28-11-14(24)25;17-5-12(24)19-6-14(26)22(7-11(18)23)13(25)4-2-1-3-10-15-9(8-28-10)20-16(27)21-15/h5-8H,3-4,9-11H2,1-2H3,(H,20,21)(H,24,25);9-10,15H,1-8,17H2,(H2,18,23)(H,19,24)(H2,20,21,27)/t;9-,10-,15-/m.0/s1. The number of aromatic nitrogens is 4. The molecular formula is C35H48N10O10S. The Hall–Kier alpha value is -5.70. The van der Waals surface area contributed by atoms with Crippen molar-refractivity contribution in [1.82, 2.24) is 40.0 Å². The molecule has 304 valence electrons. The average molecular weight is 801 g/mol. The summed E-state index contributed by atoms with van der Waals surface area (Å²) >= 11 is 1.79. The van der Waals surface area contributed by atoms with Gasteiger partial charge in [0.25, 0.3) is 5.56 Å². The van der Waals surface area contributed by atoms with Gasteiger partial charge in [0.2, 0.25) is 23.6 Å². The van der Waals surface area contributed by atoms with E-state index in [0.717, 1.165) is 29.9 Å². The predicted molar refractivity (Wildman–Crippen MR) is 206 cm³/mol. The third-order valence-corrected chi connectivity index (χ3v) is 10.4. The first-order chi connectivity index (χ1) is 26.8. The summed E-state index contributed by atoms with van der Waals surface area (Å²) < 4.78 is 7.88. The number of unbranched alkanes of at least 4 members (excludes halogenated alkanes) is 1. The van der Waals surface area contributed by atoms with Crippen molar-refractivity contribution in [3.8, 4) is 17.1 Å². The lowest BCUT2D eigenvalue weighted by Crippen LogP contribution is -2.47. The van der Waals surface area contributed by atoms with E-state index in [1.807, 2.05) is 13.8 Å². The maximum Gasteiger partial charge on any atom is 0.341 e. The van der Waals surface area contributed by atoms with E-state index in [0.29, 0.717) is 54.2 Å². The molecule has 0 spiro atoms. The number of benzene rings is 1. The number of carbonyl (C=O) groups is 6. The highest BCUT2D eigenvalue weighted by atomic mass is 32.2. The van der Waals surface area contributed by atoms with Gasteiger partial charge in [0.15, 0.2) is 12.3 Å². The Morgan fingerprint density at radius 2 is 1.71 bits per heavy atom. The van der Waals surface area contributed by atoms with Crippen LogP contribution in [-0.2, 0) is 37.1 Å². The lowest BCUT2D eigenvalue weighted by atomic mass is 10.0. The van der Waals surface area contributed by atoms with Gasteiger partial charge in [-0.3, -0.25) is 38.0 Å². The van der Waals surface area contributed by atoms with Gasteiger partial charge in [0.1, 0.15) is 23.6 Å². The first-order valence-corrected chi connectivity index (χ1v) is 19.3. The number of nitrogens with zero attached hydrogens (tertiary/aromatic N) is 4. The number of nitrogens with one attached hydrogen (secondary N) is 4. The number of carbonyl (C=O) groups excluding carboxylic acids is 5. The molecular weight excluding hydrogens is 753 g/mol. The van der Waals surface area contributed by atoms with Crippen LogP contribution in [0.25, 0.3) is 22.6 Å². The van der Waals surface area contributed by atoms with Gasteiger partial charge in [0, 0.05) is 36.1 Å². The monoisotopic (exact) mass is 800 g/mol. The molecule has 2 aliphatic heterocycles. The molecule has 2 aliphatic rings. The summed E-state index contributed by atoms with van der Waals surface area (Å²) in [5.41, 5.74) is 10.8. The second kappa shape index (κ2) is 20.3. The SMILES string of the molecule is CCCn1c(=O)c2[nH]c(-c3ccc(OCC(=O)O)cc3)nc2n(CCC)c1=O.NCC(=O)NCC(=O)N(CC(N)=O)C(=O)CCCC[C@@H]1SC[C@@H]2NC(=O)N[C@@H]21. The van der Waals surface area contributed by atoms with Gasteiger partial charge in [-0.2, -0.15) is 11.8 Å². The molecule has 2 saturated heterocycles. The lowest BCUT2D eigenvalue weighted by molar-refractivity contribution is -0.147. The van der Waals surface area contributed by atoms with Crippen molar-refractivity contribution in [2.24, 2.45) is 11.5 Å². The first-order valence-electron chi connectivity index (χ1n) is 18.2. The zero-order valence-electron chi connectivity index (χ0n) is 31.2. The largest absolute Gasteiger partial charge is 0.482 e. The summed E-state index contributed by atoms with van der Waals surface area (Å²) in [5, 5.41) is 17.0. The van der Waals surface area contributed by atoms with Gasteiger partial charge in [-0.05, 0) is 49.9 Å². The number of aromatic amines is 1. The summed E-state index contributed by atoms with van der Waals surface area (Å²) in [6, 6.07) is 6.78. The summed E-state index contributed by atoms with van der Waals surface area (Å²) in [7, 11) is 0. The molecule has 2 aromatic heterocycles. The Bertz CT molecular complexity index is 2030. The third-order valence-electron chi connectivity index (χ3n) is 8.85. The Morgan fingerprint density at radius 1 is 1.02 bits per heavy atom. The number of H-pyrrole nitrogens is 1. The number of rotatable bonds is 18. The predicted octanol–water partition coefficient (Wildman–Crippen LogP) is -0.536. The van der Waals surface area contributed by atoms with E-state index in [2.05, 4.69) is 25.9 Å². The quantitative estimate of drug-likeness (QED) is 0.0630. The smallest absolute Gasteiger partial charge is 0.341 e. The number of urea groups is 1. The second-order valence-electron chi connectivity index (χ2n) is 13.1. The van der Waals surface area contributed by atoms with Crippen LogP contribution in [0.1, 0.15) is 52.4 Å². The Morgan fingerprint density at radius 3 is 2.36 bits per heavy atom. The van der Waals surface area contributed by atoms with Gasteiger partial charge in [0.05, 0.1) is 25.2 Å². The molecule has 0 unspecified atom stereocenters. The van der Waals surface area contributed by atoms with E-state index < -0.39 is 49.3 Å². The molecule has 3 atom stereocenters. The maximum absolute atomic E-state index is 12.7. The number of amides is 6. The van der Waals surface area contributed by atoms with Gasteiger partial charge in [-0.25, -0.2) is 19.4 Å². The zero-order valence-corrected chi connectivity index (χ0v) is 32.0. The number of carboxylic acids is 1. The van der Waals surface area contributed by atoms with Crippen LogP contribution < -0.4 is 43.4 Å². The number of imidazole rings is 1. The Kier molecular flexibility index (Phi) is 15.6. The molecule has 5 rings (SSSR count). The fourth-order valence-electron chi connectivity index (χ4n) is 6.22. The molecule has 0 aliphatic carbocycles. The number of primary amides is 1. The fraction of sp³-hybridized carbons (Fsp3) is 0.514. The molecule has 0 saturated carbocycles. The lowest BCUT2D eigenvalue weighted by Gasteiger charge is -2.20. The summed E-state index contributed by atoms with van der Waals surface area (Å²) in [6.45, 7) is 3.01. The highest BCUT2D eigenvalue weighted by Gasteiger charge is 2.42. The molecule has 3 aromatic rings. The van der Waals surface area contributed by atoms with Crippen molar-refractivity contribution >= 4 is 58.6 Å². The molecule has 0 radical (unpaired) electrons. The van der Waals surface area contributed by atoms with E-state index in [4.69, 9.17) is 21.3 Å². The highest BCUT2D eigenvalue weighted by Crippen LogP contribution is 2.33. The van der Waals surface area contributed by atoms with E-state index in [1.54, 1.807) is 36.0 Å². The van der Waals surface area contributed by atoms with Gasteiger partial charge in [-0.15, -0.1) is 0 Å². The van der Waals surface area contributed by atoms with Crippen LogP contribution in [0.3, 0.4) is 0 Å². The molecule has 2 fully saturated rings. The van der Waals surface area contributed by atoms with Crippen molar-refractivity contribution in [3.05, 3.63) is 45.1 Å². The number of nitrogens with two attached hydrogens (primary N) is 2. The van der Waals surface area contributed by atoms with Crippen molar-refractivity contribution in [3.63, 3.8) is 0 Å². The number of hydrogen-bond donors (Lipinski definition) is 7. The van der Waals surface area contributed by atoms with Crippen molar-refractivity contribution < 1.29 is 38.6 Å². The highest BCUT2D eigenvalue weighted by molar-refractivity contribution is 8.00. The van der Waals surface area contributed by atoms with E-state index in [-0.39, 0.29) is 47.6 Å². The van der Waals surface area contributed by atoms with Crippen LogP contribution >= 0.6 is 11.8 Å². The molecule has 9 N–H and O–H groups in total. The van der Waals surface area contributed by atoms with Crippen molar-refractivity contribution in [2.75, 3.05) is 32.0 Å². The summed E-state index contributed by atoms with van der Waals surface area (Å²) in [6.07, 6.45) is 3.59. The van der Waals surface area contributed by atoms with Crippen LogP contribution in [0.4, 0.5) is 4.79 Å². The number of aliphatic carboxylic acids is 1. The van der Waals surface area contributed by atoms with Crippen molar-refractivity contribution in [1.29, 1.82) is 0 Å². The van der Waals surface area contributed by atoms with Crippen LogP contribution in [0, 0.1) is 0 Å². The number of fused-ring (bicyclic) bond motifs is 2. The zero-order chi connectivity index (χ0) is 40.9. The van der Waals surface area contributed by atoms with E-state index >= 15 is 0 Å². The fourth-order valence-corrected chi connectivity index (χ4v) is 7.76. The van der Waals surface area contributed by atoms with Crippen LogP contribution in [0.2, 0.25) is 0 Å². The Balaban J connectivity index is 0.000000249. The number of aryl methyl sites for hydroxylation is 1. The van der Waals surface area contributed by atoms with E-state index in [1.165, 1.54) is 9.13 Å². The van der Waals surface area contributed by atoms with Gasteiger partial charge < -0.3 is 42.2 Å². The minimum Gasteiger partial charge on any atom is -0.482 e. The number of imide groups is 1. The molecule has 20 nitrogen and oxygen atoms in total. The molecule has 56 heavy (non-hydrogen) atoms. The van der Waals surface area contributed by atoms with Crippen LogP contribution in [-0.4, -0.2) is 114 Å². The topological polar surface area (TPSA) is 296 Å². The number of hydrogen-bond acceptors (Lipinski definition) is 12. The summed E-state index contributed by atoms with van der Waals surface area (Å²) in [5.74, 6) is -1.91. The molecule has 1 aromatic carbocycles. The first kappa shape index (κ1) is 43.0. The minimum absolute atomic E-state index is 0.0833. The normalized spacial score (nSPS) is 16.9. The number of ether oxygens (including phenoxy) is 1. The van der Waals surface area contributed by atoms with Crippen LogP contribution in [0.5, 0.6) is 5.75 Å². The summed E-state index contributed by atoms with van der Waals surface area (Å²) in [4.78, 5) is 102. The minimum atomic E-state index is -1.06. The van der Waals surface area contributed by atoms with Gasteiger partial charge >= 0.3 is 17.7 Å². The number of carboxylic acid groups (broad SMARTS) is 1.